The summed E-state index contributed by atoms with van der Waals surface area (Å²) in [6.45, 7) is 1.37. The van der Waals surface area contributed by atoms with E-state index < -0.39 is 0 Å². The molecule has 2 aromatic heterocycles. The van der Waals surface area contributed by atoms with E-state index in [0.29, 0.717) is 19.5 Å². The van der Waals surface area contributed by atoms with Gasteiger partial charge in [0.15, 0.2) is 0 Å². The van der Waals surface area contributed by atoms with Crippen molar-refractivity contribution in [3.63, 3.8) is 0 Å². The third-order valence-corrected chi connectivity index (χ3v) is 4.79. The topological polar surface area (TPSA) is 63.9 Å². The maximum Gasteiger partial charge on any atom is 0.228 e. The normalized spacial score (nSPS) is 14.0. The minimum atomic E-state index is 0.116. The molecular formula is C20H21N5O. The number of aryl methyl sites for hydroxylation is 1. The van der Waals surface area contributed by atoms with Gasteiger partial charge in [0.2, 0.25) is 5.91 Å². The van der Waals surface area contributed by atoms with Crippen molar-refractivity contribution in [1.29, 1.82) is 0 Å². The van der Waals surface area contributed by atoms with Crippen LogP contribution in [0.5, 0.6) is 0 Å². The lowest BCUT2D eigenvalue weighted by Crippen LogP contribution is -2.34. The van der Waals surface area contributed by atoms with E-state index in [1.807, 2.05) is 42.4 Å². The van der Waals surface area contributed by atoms with Crippen LogP contribution in [0.2, 0.25) is 0 Å². The van der Waals surface area contributed by atoms with E-state index in [0.717, 1.165) is 41.1 Å². The van der Waals surface area contributed by atoms with Crippen molar-refractivity contribution < 1.29 is 4.79 Å². The molecule has 0 aliphatic carbocycles. The molecule has 1 aliphatic heterocycles. The van der Waals surface area contributed by atoms with Crippen molar-refractivity contribution in [1.82, 2.24) is 24.6 Å². The van der Waals surface area contributed by atoms with E-state index in [-0.39, 0.29) is 5.91 Å². The summed E-state index contributed by atoms with van der Waals surface area (Å²) in [6, 6.07) is 12.1. The third-order valence-electron chi connectivity index (χ3n) is 4.79. The molecule has 132 valence electrons. The number of fused-ring (bicyclic) bond motifs is 1. The second kappa shape index (κ2) is 7.07. The van der Waals surface area contributed by atoms with Crippen LogP contribution in [-0.2, 0) is 31.1 Å². The molecule has 0 atom stereocenters. The summed E-state index contributed by atoms with van der Waals surface area (Å²) in [6.07, 6.45) is 5.36. The first-order chi connectivity index (χ1) is 12.7. The van der Waals surface area contributed by atoms with Gasteiger partial charge in [0.25, 0.3) is 0 Å². The summed E-state index contributed by atoms with van der Waals surface area (Å²) in [5, 5.41) is 4.31. The van der Waals surface area contributed by atoms with Crippen LogP contribution < -0.4 is 0 Å². The van der Waals surface area contributed by atoms with Crippen molar-refractivity contribution >= 4 is 5.91 Å². The number of benzene rings is 1. The quantitative estimate of drug-likeness (QED) is 0.727. The SMILES string of the molecule is Cn1ccc(CC(=O)N2CCc3ncnc(-c4ccccc4)c3CC2)n1. The second-order valence-corrected chi connectivity index (χ2v) is 6.55. The predicted molar refractivity (Wildman–Crippen MR) is 98.4 cm³/mol. The standard InChI is InChI=1S/C20H21N5O/c1-24-10-7-16(23-24)13-19(26)25-11-8-17-18(9-12-25)21-14-22-20(17)15-5-3-2-4-6-15/h2-7,10,14H,8-9,11-13H2,1H3. The van der Waals surface area contributed by atoms with E-state index in [9.17, 15) is 4.79 Å². The zero-order chi connectivity index (χ0) is 17.9. The average molecular weight is 347 g/mol. The highest BCUT2D eigenvalue weighted by molar-refractivity contribution is 5.78. The van der Waals surface area contributed by atoms with Crippen molar-refractivity contribution in [2.45, 2.75) is 19.3 Å². The summed E-state index contributed by atoms with van der Waals surface area (Å²) in [4.78, 5) is 23.6. The fraction of sp³-hybridized carbons (Fsp3) is 0.300. The summed E-state index contributed by atoms with van der Waals surface area (Å²) in [7, 11) is 1.86. The van der Waals surface area contributed by atoms with Gasteiger partial charge in [-0.15, -0.1) is 0 Å². The fourth-order valence-corrected chi connectivity index (χ4v) is 3.44. The second-order valence-electron chi connectivity index (χ2n) is 6.55. The van der Waals surface area contributed by atoms with Crippen LogP contribution in [0.1, 0.15) is 17.0 Å². The van der Waals surface area contributed by atoms with E-state index in [1.54, 1.807) is 11.0 Å². The van der Waals surface area contributed by atoms with Crippen LogP contribution in [0, 0.1) is 0 Å². The van der Waals surface area contributed by atoms with Crippen molar-refractivity contribution in [3.05, 3.63) is 65.9 Å². The van der Waals surface area contributed by atoms with Gasteiger partial charge >= 0.3 is 0 Å². The van der Waals surface area contributed by atoms with Crippen molar-refractivity contribution in [2.24, 2.45) is 7.05 Å². The molecule has 3 heterocycles. The number of carbonyl (C=O) groups excluding carboxylic acids is 1. The number of amides is 1. The molecule has 0 bridgehead atoms. The molecule has 0 saturated carbocycles. The maximum atomic E-state index is 12.7. The molecule has 1 amide bonds. The van der Waals surface area contributed by atoms with Gasteiger partial charge in [0.1, 0.15) is 6.33 Å². The number of carbonyl (C=O) groups is 1. The minimum Gasteiger partial charge on any atom is -0.342 e. The summed E-state index contributed by atoms with van der Waals surface area (Å²) < 4.78 is 1.72. The highest BCUT2D eigenvalue weighted by Crippen LogP contribution is 2.25. The van der Waals surface area contributed by atoms with Crippen LogP contribution in [0.3, 0.4) is 0 Å². The van der Waals surface area contributed by atoms with Crippen molar-refractivity contribution in [2.75, 3.05) is 13.1 Å². The molecule has 0 radical (unpaired) electrons. The summed E-state index contributed by atoms with van der Waals surface area (Å²) in [5.74, 6) is 0.116. The van der Waals surface area contributed by atoms with Crippen LogP contribution in [0.15, 0.2) is 48.9 Å². The van der Waals surface area contributed by atoms with Crippen LogP contribution in [0.4, 0.5) is 0 Å². The molecule has 1 aromatic carbocycles. The van der Waals surface area contributed by atoms with Gasteiger partial charge < -0.3 is 4.90 Å². The molecule has 0 fully saturated rings. The lowest BCUT2D eigenvalue weighted by Gasteiger charge is -2.19. The van der Waals surface area contributed by atoms with E-state index in [2.05, 4.69) is 27.2 Å². The smallest absolute Gasteiger partial charge is 0.228 e. The van der Waals surface area contributed by atoms with E-state index >= 15 is 0 Å². The van der Waals surface area contributed by atoms with Gasteiger partial charge in [-0.3, -0.25) is 9.48 Å². The molecule has 26 heavy (non-hydrogen) atoms. The van der Waals surface area contributed by atoms with Gasteiger partial charge in [-0.25, -0.2) is 9.97 Å². The Morgan fingerprint density at radius 1 is 1.08 bits per heavy atom. The third kappa shape index (κ3) is 3.35. The van der Waals surface area contributed by atoms with Gasteiger partial charge in [-0.05, 0) is 12.5 Å². The van der Waals surface area contributed by atoms with Crippen LogP contribution in [0.25, 0.3) is 11.3 Å². The predicted octanol–water partition coefficient (Wildman–Crippen LogP) is 2.05. The largest absolute Gasteiger partial charge is 0.342 e. The van der Waals surface area contributed by atoms with Crippen molar-refractivity contribution in [3.8, 4) is 11.3 Å². The summed E-state index contributed by atoms with van der Waals surface area (Å²) >= 11 is 0. The number of hydrogen-bond donors (Lipinski definition) is 0. The Hall–Kier alpha value is -3.02. The van der Waals surface area contributed by atoms with Gasteiger partial charge in [-0.2, -0.15) is 5.10 Å². The number of nitrogens with zero attached hydrogens (tertiary/aromatic N) is 5. The van der Waals surface area contributed by atoms with E-state index in [4.69, 9.17) is 0 Å². The first-order valence-electron chi connectivity index (χ1n) is 8.85. The first kappa shape index (κ1) is 16.4. The zero-order valence-electron chi connectivity index (χ0n) is 14.8. The number of hydrogen-bond acceptors (Lipinski definition) is 4. The molecule has 4 rings (SSSR count). The maximum absolute atomic E-state index is 12.7. The van der Waals surface area contributed by atoms with Gasteiger partial charge in [0, 0.05) is 49.6 Å². The lowest BCUT2D eigenvalue weighted by atomic mass is 10.0. The molecule has 0 spiro atoms. The Labute approximate surface area is 152 Å². The fourth-order valence-electron chi connectivity index (χ4n) is 3.44. The molecule has 0 saturated heterocycles. The molecule has 0 N–H and O–H groups in total. The summed E-state index contributed by atoms with van der Waals surface area (Å²) in [5.41, 5.74) is 5.09. The lowest BCUT2D eigenvalue weighted by molar-refractivity contribution is -0.130. The zero-order valence-corrected chi connectivity index (χ0v) is 14.8. The molecular weight excluding hydrogens is 326 g/mol. The Balaban J connectivity index is 1.53. The number of rotatable bonds is 3. The Morgan fingerprint density at radius 3 is 2.65 bits per heavy atom. The molecule has 1 aliphatic rings. The molecule has 0 unspecified atom stereocenters. The Morgan fingerprint density at radius 2 is 1.88 bits per heavy atom. The molecule has 6 heteroatoms. The average Bonchev–Trinajstić information content (AvgIpc) is 2.94. The highest BCUT2D eigenvalue weighted by atomic mass is 16.2. The van der Waals surface area contributed by atoms with Gasteiger partial charge in [0.05, 0.1) is 17.8 Å². The molecule has 3 aromatic rings. The minimum absolute atomic E-state index is 0.116. The van der Waals surface area contributed by atoms with Crippen LogP contribution >= 0.6 is 0 Å². The monoisotopic (exact) mass is 347 g/mol. The Bertz CT molecular complexity index is 919. The van der Waals surface area contributed by atoms with Crippen LogP contribution in [-0.4, -0.2) is 43.6 Å². The number of aromatic nitrogens is 4. The first-order valence-corrected chi connectivity index (χ1v) is 8.85. The highest BCUT2D eigenvalue weighted by Gasteiger charge is 2.22. The molecule has 6 nitrogen and oxygen atoms in total. The van der Waals surface area contributed by atoms with Gasteiger partial charge in [-0.1, -0.05) is 30.3 Å². The Kier molecular flexibility index (Phi) is 4.48. The van der Waals surface area contributed by atoms with E-state index in [1.165, 1.54) is 0 Å².